The maximum Gasteiger partial charge on any atom is 0.391 e. The molecule has 2 heterocycles. The molecule has 0 spiro atoms. The van der Waals surface area contributed by atoms with Crippen LogP contribution in [0.15, 0.2) is 17.5 Å². The van der Waals surface area contributed by atoms with Gasteiger partial charge in [-0.15, -0.1) is 11.3 Å². The predicted octanol–water partition coefficient (Wildman–Crippen LogP) is 3.99. The van der Waals surface area contributed by atoms with Gasteiger partial charge >= 0.3 is 6.18 Å². The van der Waals surface area contributed by atoms with E-state index in [9.17, 15) is 18.0 Å². The molecule has 1 aliphatic rings. The number of carbonyl (C=O) groups is 1. The Bertz CT molecular complexity index is 422. The summed E-state index contributed by atoms with van der Waals surface area (Å²) in [4.78, 5) is 14.6. The van der Waals surface area contributed by atoms with Crippen LogP contribution in [0.1, 0.15) is 35.4 Å². The lowest BCUT2D eigenvalue weighted by Crippen LogP contribution is -2.39. The van der Waals surface area contributed by atoms with Gasteiger partial charge in [-0.3, -0.25) is 4.79 Å². The van der Waals surface area contributed by atoms with Crippen molar-refractivity contribution in [2.45, 2.75) is 31.9 Å². The molecule has 1 aromatic rings. The van der Waals surface area contributed by atoms with E-state index in [-0.39, 0.29) is 18.6 Å². The third-order valence-corrected chi connectivity index (χ3v) is 4.64. The fourth-order valence-corrected chi connectivity index (χ4v) is 3.20. The van der Waals surface area contributed by atoms with E-state index >= 15 is 0 Å². The molecule has 6 heteroatoms. The molecule has 0 aromatic carbocycles. The van der Waals surface area contributed by atoms with Crippen LogP contribution in [0, 0.1) is 5.92 Å². The van der Waals surface area contributed by atoms with Gasteiger partial charge in [0.1, 0.15) is 0 Å². The molecule has 1 saturated heterocycles. The summed E-state index contributed by atoms with van der Waals surface area (Å²) in [6.07, 6.45) is -2.50. The van der Waals surface area contributed by atoms with Crippen molar-refractivity contribution in [1.29, 1.82) is 0 Å². The summed E-state index contributed by atoms with van der Waals surface area (Å²) in [6.45, 7) is 1.68. The minimum Gasteiger partial charge on any atom is -0.303 e. The Hall–Kier alpha value is -0.880. The van der Waals surface area contributed by atoms with Crippen LogP contribution in [-0.4, -0.2) is 36.5 Å². The average Bonchev–Trinajstić information content (AvgIpc) is 2.92. The first-order chi connectivity index (χ1) is 9.47. The quantitative estimate of drug-likeness (QED) is 0.767. The molecule has 0 amide bonds. The smallest absolute Gasteiger partial charge is 0.303 e. The summed E-state index contributed by atoms with van der Waals surface area (Å²) in [5, 5.41) is 1.87. The van der Waals surface area contributed by atoms with Crippen LogP contribution >= 0.6 is 11.3 Å². The molecule has 0 bridgehead atoms. The van der Waals surface area contributed by atoms with Crippen molar-refractivity contribution in [2.24, 2.45) is 5.92 Å². The first kappa shape index (κ1) is 15.5. The first-order valence-electron chi connectivity index (χ1n) is 6.82. The average molecular weight is 305 g/mol. The molecule has 2 nitrogen and oxygen atoms in total. The lowest BCUT2D eigenvalue weighted by atomic mass is 9.96. The molecule has 0 unspecified atom stereocenters. The highest BCUT2D eigenvalue weighted by Gasteiger charge is 2.40. The van der Waals surface area contributed by atoms with Crippen LogP contribution in [0.5, 0.6) is 0 Å². The molecule has 2 rings (SSSR count). The molecule has 1 fully saturated rings. The van der Waals surface area contributed by atoms with E-state index in [1.807, 2.05) is 22.4 Å². The van der Waals surface area contributed by atoms with Crippen LogP contribution in [-0.2, 0) is 0 Å². The number of hydrogen-bond donors (Lipinski definition) is 0. The van der Waals surface area contributed by atoms with Crippen LogP contribution in [0.25, 0.3) is 0 Å². The van der Waals surface area contributed by atoms with E-state index in [4.69, 9.17) is 0 Å². The summed E-state index contributed by atoms with van der Waals surface area (Å²) in [7, 11) is 0. The first-order valence-corrected chi connectivity index (χ1v) is 7.70. The number of hydrogen-bond acceptors (Lipinski definition) is 3. The van der Waals surface area contributed by atoms with Gasteiger partial charge in [0.15, 0.2) is 5.78 Å². The minimum atomic E-state index is -4.05. The highest BCUT2D eigenvalue weighted by molar-refractivity contribution is 7.12. The van der Waals surface area contributed by atoms with Crippen molar-refractivity contribution in [1.82, 2.24) is 4.90 Å². The van der Waals surface area contributed by atoms with Gasteiger partial charge < -0.3 is 4.90 Å². The summed E-state index contributed by atoms with van der Waals surface area (Å²) < 4.78 is 37.6. The van der Waals surface area contributed by atoms with Crippen LogP contribution < -0.4 is 0 Å². The number of piperidine rings is 1. The predicted molar refractivity (Wildman–Crippen MR) is 73.1 cm³/mol. The van der Waals surface area contributed by atoms with Gasteiger partial charge in [0.2, 0.25) is 0 Å². The normalized spacial score (nSPS) is 18.4. The molecular weight excluding hydrogens is 287 g/mol. The molecule has 112 valence electrons. The number of likely N-dealkylation sites (tertiary alicyclic amines) is 1. The maximum atomic E-state index is 12.5. The van der Waals surface area contributed by atoms with Gasteiger partial charge in [-0.2, -0.15) is 13.2 Å². The second-order valence-electron chi connectivity index (χ2n) is 5.16. The number of alkyl halides is 3. The number of carbonyl (C=O) groups excluding carboxylic acids is 1. The molecule has 1 aromatic heterocycles. The molecule has 0 aliphatic carbocycles. The van der Waals surface area contributed by atoms with Crippen LogP contribution in [0.3, 0.4) is 0 Å². The van der Waals surface area contributed by atoms with Crippen molar-refractivity contribution in [2.75, 3.05) is 19.6 Å². The monoisotopic (exact) mass is 305 g/mol. The largest absolute Gasteiger partial charge is 0.391 e. The Morgan fingerprint density at radius 3 is 2.60 bits per heavy atom. The third-order valence-electron chi connectivity index (χ3n) is 3.72. The standard InChI is InChI=1S/C14H18F3NOS/c15-14(16,17)11-5-8-18(9-6-11)7-1-3-12(19)13-4-2-10-20-13/h2,4,10-11H,1,3,5-9H2. The van der Waals surface area contributed by atoms with Crippen molar-refractivity contribution in [3.63, 3.8) is 0 Å². The molecule has 0 radical (unpaired) electrons. The Balaban J connectivity index is 1.65. The van der Waals surface area contributed by atoms with Crippen molar-refractivity contribution in [3.8, 4) is 0 Å². The van der Waals surface area contributed by atoms with E-state index in [1.54, 1.807) is 0 Å². The Morgan fingerprint density at radius 1 is 1.35 bits per heavy atom. The molecule has 20 heavy (non-hydrogen) atoms. The molecule has 0 atom stereocenters. The fraction of sp³-hybridized carbons (Fsp3) is 0.643. The number of thiophene rings is 1. The zero-order valence-corrected chi connectivity index (χ0v) is 12.0. The number of nitrogens with zero attached hydrogens (tertiary/aromatic N) is 1. The van der Waals surface area contributed by atoms with Crippen molar-refractivity contribution in [3.05, 3.63) is 22.4 Å². The van der Waals surface area contributed by atoms with Gasteiger partial charge in [-0.25, -0.2) is 0 Å². The minimum absolute atomic E-state index is 0.130. The van der Waals surface area contributed by atoms with Gasteiger partial charge in [0, 0.05) is 6.42 Å². The van der Waals surface area contributed by atoms with Gasteiger partial charge in [-0.05, 0) is 50.3 Å². The summed E-state index contributed by atoms with van der Waals surface area (Å²) in [6, 6.07) is 3.65. The lowest BCUT2D eigenvalue weighted by Gasteiger charge is -2.32. The number of Topliss-reactive ketones (excluding diaryl/α,β-unsaturated/α-hetero) is 1. The van der Waals surface area contributed by atoms with Crippen LogP contribution in [0.4, 0.5) is 13.2 Å². The molecule has 1 aliphatic heterocycles. The number of rotatable bonds is 5. The second kappa shape index (κ2) is 6.72. The van der Waals surface area contributed by atoms with Crippen molar-refractivity contribution >= 4 is 17.1 Å². The van der Waals surface area contributed by atoms with E-state index in [2.05, 4.69) is 0 Å². The Kier molecular flexibility index (Phi) is 5.21. The third kappa shape index (κ3) is 4.31. The number of halogens is 3. The topological polar surface area (TPSA) is 20.3 Å². The second-order valence-corrected chi connectivity index (χ2v) is 6.11. The Morgan fingerprint density at radius 2 is 2.05 bits per heavy atom. The number of ketones is 1. The maximum absolute atomic E-state index is 12.5. The molecular formula is C14H18F3NOS. The highest BCUT2D eigenvalue weighted by Crippen LogP contribution is 2.34. The van der Waals surface area contributed by atoms with Crippen molar-refractivity contribution < 1.29 is 18.0 Å². The van der Waals surface area contributed by atoms with E-state index < -0.39 is 12.1 Å². The highest BCUT2D eigenvalue weighted by atomic mass is 32.1. The fourth-order valence-electron chi connectivity index (χ4n) is 2.51. The zero-order valence-electron chi connectivity index (χ0n) is 11.2. The van der Waals surface area contributed by atoms with Gasteiger partial charge in [0.05, 0.1) is 10.8 Å². The van der Waals surface area contributed by atoms with E-state index in [0.717, 1.165) is 4.88 Å². The van der Waals surface area contributed by atoms with Gasteiger partial charge in [-0.1, -0.05) is 6.07 Å². The van der Waals surface area contributed by atoms with E-state index in [1.165, 1.54) is 11.3 Å². The Labute approximate surface area is 120 Å². The zero-order chi connectivity index (χ0) is 14.6. The SMILES string of the molecule is O=C(CCCN1CCC(C(F)(F)F)CC1)c1cccs1. The van der Waals surface area contributed by atoms with Gasteiger partial charge in [0.25, 0.3) is 0 Å². The van der Waals surface area contributed by atoms with E-state index in [0.29, 0.717) is 32.5 Å². The molecule has 0 saturated carbocycles. The summed E-state index contributed by atoms with van der Waals surface area (Å²) in [5.41, 5.74) is 0. The summed E-state index contributed by atoms with van der Waals surface area (Å²) >= 11 is 1.43. The molecule has 0 N–H and O–H groups in total. The lowest BCUT2D eigenvalue weighted by molar-refractivity contribution is -0.185. The summed E-state index contributed by atoms with van der Waals surface area (Å²) in [5.74, 6) is -1.02. The van der Waals surface area contributed by atoms with Crippen LogP contribution in [0.2, 0.25) is 0 Å².